The Morgan fingerprint density at radius 3 is 2.59 bits per heavy atom. The van der Waals surface area contributed by atoms with Crippen molar-refractivity contribution in [3.8, 4) is 11.5 Å². The third-order valence-electron chi connectivity index (χ3n) is 4.11. The standard InChI is InChI=1S/C19H19NO2/c1-19(2)15-6-4-5-7-16(15)20-18(19)11-8-13-12-14(22-3)9-10-17(13)21/h4-12,21H,1-3H3/b11-8+. The average Bonchev–Trinajstić information content (AvgIpc) is 2.78. The Morgan fingerprint density at radius 2 is 1.86 bits per heavy atom. The lowest BCUT2D eigenvalue weighted by Gasteiger charge is -2.20. The second-order valence-corrected chi connectivity index (χ2v) is 5.90. The Balaban J connectivity index is 1.95. The van der Waals surface area contributed by atoms with Gasteiger partial charge in [-0.15, -0.1) is 0 Å². The number of allylic oxidation sites excluding steroid dienone is 1. The minimum atomic E-state index is -0.137. The molecule has 0 amide bonds. The quantitative estimate of drug-likeness (QED) is 0.906. The lowest BCUT2D eigenvalue weighted by Crippen LogP contribution is -2.23. The van der Waals surface area contributed by atoms with E-state index in [0.29, 0.717) is 11.3 Å². The van der Waals surface area contributed by atoms with E-state index >= 15 is 0 Å². The number of aromatic hydroxyl groups is 1. The van der Waals surface area contributed by atoms with Gasteiger partial charge in [-0.3, -0.25) is 4.99 Å². The first-order valence-electron chi connectivity index (χ1n) is 7.26. The van der Waals surface area contributed by atoms with Crippen molar-refractivity contribution in [1.82, 2.24) is 0 Å². The monoisotopic (exact) mass is 293 g/mol. The molecule has 2 aromatic rings. The SMILES string of the molecule is COc1ccc(O)c(/C=C/C2=Nc3ccccc3C2(C)C)c1. The Kier molecular flexibility index (Phi) is 3.49. The highest BCUT2D eigenvalue weighted by Gasteiger charge is 2.32. The van der Waals surface area contributed by atoms with Crippen molar-refractivity contribution >= 4 is 17.5 Å². The van der Waals surface area contributed by atoms with Crippen molar-refractivity contribution in [3.63, 3.8) is 0 Å². The lowest BCUT2D eigenvalue weighted by molar-refractivity contribution is 0.412. The number of phenols is 1. The van der Waals surface area contributed by atoms with Gasteiger partial charge in [0.25, 0.3) is 0 Å². The van der Waals surface area contributed by atoms with Gasteiger partial charge in [-0.05, 0) is 42.0 Å². The highest BCUT2D eigenvalue weighted by molar-refractivity contribution is 6.10. The Hall–Kier alpha value is -2.55. The minimum Gasteiger partial charge on any atom is -0.507 e. The van der Waals surface area contributed by atoms with Crippen molar-refractivity contribution in [2.24, 2.45) is 4.99 Å². The van der Waals surface area contributed by atoms with Crippen LogP contribution in [0.4, 0.5) is 5.69 Å². The molecule has 1 aliphatic rings. The molecule has 0 atom stereocenters. The number of nitrogens with zero attached hydrogens (tertiary/aromatic N) is 1. The summed E-state index contributed by atoms with van der Waals surface area (Å²) in [5.41, 5.74) is 3.80. The molecule has 22 heavy (non-hydrogen) atoms. The van der Waals surface area contributed by atoms with E-state index in [1.807, 2.05) is 36.4 Å². The Bertz CT molecular complexity index is 773. The van der Waals surface area contributed by atoms with Gasteiger partial charge in [0.2, 0.25) is 0 Å². The second-order valence-electron chi connectivity index (χ2n) is 5.90. The maximum absolute atomic E-state index is 9.96. The van der Waals surface area contributed by atoms with Crippen LogP contribution in [0.2, 0.25) is 0 Å². The number of fused-ring (bicyclic) bond motifs is 1. The van der Waals surface area contributed by atoms with E-state index in [-0.39, 0.29) is 11.2 Å². The molecule has 3 nitrogen and oxygen atoms in total. The molecule has 112 valence electrons. The number of phenolic OH excluding ortho intramolecular Hbond substituents is 1. The largest absolute Gasteiger partial charge is 0.507 e. The zero-order chi connectivity index (χ0) is 15.7. The average molecular weight is 293 g/mol. The van der Waals surface area contributed by atoms with E-state index in [0.717, 1.165) is 11.4 Å². The second kappa shape index (κ2) is 5.34. The summed E-state index contributed by atoms with van der Waals surface area (Å²) in [6.07, 6.45) is 3.85. The van der Waals surface area contributed by atoms with Crippen molar-refractivity contribution in [3.05, 3.63) is 59.7 Å². The Morgan fingerprint density at radius 1 is 1.09 bits per heavy atom. The van der Waals surface area contributed by atoms with Crippen LogP contribution in [-0.4, -0.2) is 17.9 Å². The van der Waals surface area contributed by atoms with E-state index in [4.69, 9.17) is 9.73 Å². The number of para-hydroxylation sites is 1. The van der Waals surface area contributed by atoms with Gasteiger partial charge in [0.05, 0.1) is 18.5 Å². The predicted octanol–water partition coefficient (Wildman–Crippen LogP) is 4.48. The van der Waals surface area contributed by atoms with Crippen LogP contribution in [0.25, 0.3) is 6.08 Å². The molecule has 0 aliphatic carbocycles. The van der Waals surface area contributed by atoms with Crippen LogP contribution in [0.3, 0.4) is 0 Å². The van der Waals surface area contributed by atoms with Crippen LogP contribution in [0.1, 0.15) is 25.0 Å². The molecule has 0 saturated carbocycles. The molecule has 1 heterocycles. The molecule has 0 radical (unpaired) electrons. The van der Waals surface area contributed by atoms with Gasteiger partial charge in [-0.25, -0.2) is 0 Å². The first kappa shape index (κ1) is 14.4. The topological polar surface area (TPSA) is 41.8 Å². The first-order valence-corrected chi connectivity index (χ1v) is 7.26. The zero-order valence-electron chi connectivity index (χ0n) is 13.0. The van der Waals surface area contributed by atoms with E-state index in [1.54, 1.807) is 19.2 Å². The number of aliphatic imine (C=N–C) groups is 1. The Labute approximate surface area is 130 Å². The first-order chi connectivity index (χ1) is 10.5. The molecule has 0 spiro atoms. The highest BCUT2D eigenvalue weighted by Crippen LogP contribution is 2.40. The molecule has 0 saturated heterocycles. The minimum absolute atomic E-state index is 0.137. The van der Waals surface area contributed by atoms with Crippen LogP contribution < -0.4 is 4.74 Å². The summed E-state index contributed by atoms with van der Waals surface area (Å²) in [6, 6.07) is 13.4. The molecular formula is C19H19NO2. The lowest BCUT2D eigenvalue weighted by atomic mass is 9.81. The molecule has 0 fully saturated rings. The number of hydrogen-bond acceptors (Lipinski definition) is 3. The number of ether oxygens (including phenoxy) is 1. The molecule has 2 aromatic carbocycles. The summed E-state index contributed by atoms with van der Waals surface area (Å²) in [5.74, 6) is 0.944. The highest BCUT2D eigenvalue weighted by atomic mass is 16.5. The fourth-order valence-corrected chi connectivity index (χ4v) is 2.71. The molecule has 3 heteroatoms. The zero-order valence-corrected chi connectivity index (χ0v) is 13.0. The van der Waals surface area contributed by atoms with Gasteiger partial charge < -0.3 is 9.84 Å². The fourth-order valence-electron chi connectivity index (χ4n) is 2.71. The van der Waals surface area contributed by atoms with Gasteiger partial charge in [0.15, 0.2) is 0 Å². The van der Waals surface area contributed by atoms with Crippen LogP contribution >= 0.6 is 0 Å². The third kappa shape index (κ3) is 2.39. The fraction of sp³-hybridized carbons (Fsp3) is 0.211. The van der Waals surface area contributed by atoms with E-state index < -0.39 is 0 Å². The number of hydrogen-bond donors (Lipinski definition) is 1. The molecular weight excluding hydrogens is 274 g/mol. The van der Waals surface area contributed by atoms with E-state index in [2.05, 4.69) is 19.9 Å². The van der Waals surface area contributed by atoms with Crippen LogP contribution in [0.15, 0.2) is 53.5 Å². The summed E-state index contributed by atoms with van der Waals surface area (Å²) in [4.78, 5) is 4.71. The maximum Gasteiger partial charge on any atom is 0.123 e. The third-order valence-corrected chi connectivity index (χ3v) is 4.11. The van der Waals surface area contributed by atoms with Crippen molar-refractivity contribution in [2.45, 2.75) is 19.3 Å². The van der Waals surface area contributed by atoms with Gasteiger partial charge in [0.1, 0.15) is 11.5 Å². The summed E-state index contributed by atoms with van der Waals surface area (Å²) >= 11 is 0. The predicted molar refractivity (Wildman–Crippen MR) is 90.3 cm³/mol. The number of rotatable bonds is 3. The number of benzene rings is 2. The summed E-state index contributed by atoms with van der Waals surface area (Å²) in [7, 11) is 1.61. The summed E-state index contributed by atoms with van der Waals surface area (Å²) in [6.45, 7) is 4.32. The van der Waals surface area contributed by atoms with Gasteiger partial charge >= 0.3 is 0 Å². The molecule has 1 aliphatic heterocycles. The van der Waals surface area contributed by atoms with Crippen molar-refractivity contribution in [2.75, 3.05) is 7.11 Å². The van der Waals surface area contributed by atoms with Gasteiger partial charge in [-0.1, -0.05) is 32.0 Å². The molecule has 1 N–H and O–H groups in total. The van der Waals surface area contributed by atoms with Gasteiger partial charge in [0, 0.05) is 11.0 Å². The smallest absolute Gasteiger partial charge is 0.123 e. The molecule has 0 aromatic heterocycles. The van der Waals surface area contributed by atoms with Gasteiger partial charge in [-0.2, -0.15) is 0 Å². The van der Waals surface area contributed by atoms with Crippen molar-refractivity contribution < 1.29 is 9.84 Å². The van der Waals surface area contributed by atoms with Crippen LogP contribution in [0.5, 0.6) is 11.5 Å². The molecule has 0 bridgehead atoms. The van der Waals surface area contributed by atoms with Crippen LogP contribution in [0, 0.1) is 0 Å². The van der Waals surface area contributed by atoms with Crippen LogP contribution in [-0.2, 0) is 5.41 Å². The van der Waals surface area contributed by atoms with E-state index in [9.17, 15) is 5.11 Å². The normalized spacial score (nSPS) is 15.7. The molecule has 0 unspecified atom stereocenters. The molecule has 3 rings (SSSR count). The summed E-state index contributed by atoms with van der Waals surface area (Å²) in [5, 5.41) is 9.96. The van der Waals surface area contributed by atoms with E-state index in [1.165, 1.54) is 5.56 Å². The summed E-state index contributed by atoms with van der Waals surface area (Å²) < 4.78 is 5.20. The number of methoxy groups -OCH3 is 1. The van der Waals surface area contributed by atoms with Crippen molar-refractivity contribution in [1.29, 1.82) is 0 Å². The maximum atomic E-state index is 9.96.